The fourth-order valence-corrected chi connectivity index (χ4v) is 3.15. The summed E-state index contributed by atoms with van der Waals surface area (Å²) in [7, 11) is 0. The van der Waals surface area contributed by atoms with Gasteiger partial charge in [-0.1, -0.05) is 31.2 Å². The molecule has 1 nitrogen and oxygen atoms in total. The van der Waals surface area contributed by atoms with E-state index in [1.165, 1.54) is 12.8 Å². The molecule has 0 heterocycles. The van der Waals surface area contributed by atoms with Crippen LogP contribution in [0.4, 0.5) is 4.39 Å². The van der Waals surface area contributed by atoms with Crippen molar-refractivity contribution in [2.45, 2.75) is 44.9 Å². The van der Waals surface area contributed by atoms with Gasteiger partial charge in [0.15, 0.2) is 0 Å². The molecule has 104 valence electrons. The third-order valence-corrected chi connectivity index (χ3v) is 3.99. The van der Waals surface area contributed by atoms with E-state index < -0.39 is 0 Å². The number of ether oxygens (including phenoxy) is 1. The molecule has 2 rings (SSSR count). The van der Waals surface area contributed by atoms with Crippen LogP contribution in [0.2, 0.25) is 0 Å². The fraction of sp³-hybridized carbons (Fsp3) is 0.529. The molecule has 2 heteroatoms. The second-order valence-corrected chi connectivity index (χ2v) is 5.43. The van der Waals surface area contributed by atoms with Crippen LogP contribution in [0.3, 0.4) is 0 Å². The quantitative estimate of drug-likeness (QED) is 0.675. The number of allylic oxidation sites excluding steroid dienone is 1. The van der Waals surface area contributed by atoms with Crippen molar-refractivity contribution in [3.8, 4) is 0 Å². The highest BCUT2D eigenvalue weighted by molar-refractivity contribution is 5.22. The molecule has 1 aliphatic carbocycles. The molecule has 0 saturated heterocycles. The predicted molar refractivity (Wildman–Crippen MR) is 76.5 cm³/mol. The van der Waals surface area contributed by atoms with E-state index in [0.717, 1.165) is 30.6 Å². The predicted octanol–water partition coefficient (Wildman–Crippen LogP) is 5.04. The van der Waals surface area contributed by atoms with Gasteiger partial charge in [-0.2, -0.15) is 0 Å². The van der Waals surface area contributed by atoms with E-state index in [4.69, 9.17) is 4.74 Å². The van der Waals surface area contributed by atoms with Gasteiger partial charge in [-0.15, -0.1) is 0 Å². The summed E-state index contributed by atoms with van der Waals surface area (Å²) in [4.78, 5) is 0. The van der Waals surface area contributed by atoms with Crippen LogP contribution < -0.4 is 0 Å². The Balaban J connectivity index is 1.97. The molecule has 0 aliphatic heterocycles. The zero-order valence-electron chi connectivity index (χ0n) is 11.7. The van der Waals surface area contributed by atoms with Gasteiger partial charge in [0.1, 0.15) is 5.82 Å². The molecule has 0 radical (unpaired) electrons. The van der Waals surface area contributed by atoms with Gasteiger partial charge in [0.25, 0.3) is 0 Å². The zero-order chi connectivity index (χ0) is 13.7. The van der Waals surface area contributed by atoms with Crippen LogP contribution in [0.5, 0.6) is 0 Å². The topological polar surface area (TPSA) is 9.23 Å². The van der Waals surface area contributed by atoms with Crippen molar-refractivity contribution in [1.82, 2.24) is 0 Å². The third-order valence-electron chi connectivity index (χ3n) is 3.99. The number of rotatable bonds is 5. The van der Waals surface area contributed by atoms with Crippen LogP contribution in [-0.4, -0.2) is 6.61 Å². The Bertz CT molecular complexity index is 427. The molecular weight excluding hydrogens is 239 g/mol. The Hall–Kier alpha value is -1.31. The van der Waals surface area contributed by atoms with Crippen molar-refractivity contribution < 1.29 is 9.13 Å². The number of benzene rings is 1. The van der Waals surface area contributed by atoms with Crippen molar-refractivity contribution in [2.75, 3.05) is 6.61 Å². The maximum atomic E-state index is 13.8. The first-order chi connectivity index (χ1) is 9.20. The van der Waals surface area contributed by atoms with Crippen LogP contribution in [0.1, 0.15) is 50.5 Å². The summed E-state index contributed by atoms with van der Waals surface area (Å²) in [5.41, 5.74) is 0.884. The Morgan fingerprint density at radius 2 is 2.16 bits per heavy atom. The Labute approximate surface area is 115 Å². The highest BCUT2D eigenvalue weighted by Gasteiger charge is 2.25. The second kappa shape index (κ2) is 6.74. The summed E-state index contributed by atoms with van der Waals surface area (Å²) in [5.74, 6) is 1.75. The van der Waals surface area contributed by atoms with Crippen molar-refractivity contribution in [2.24, 2.45) is 5.92 Å². The minimum absolute atomic E-state index is 0.0585. The molecule has 0 bridgehead atoms. The molecule has 1 aliphatic rings. The minimum Gasteiger partial charge on any atom is -0.499 e. The normalized spacial score (nSPS) is 23.1. The first-order valence-electron chi connectivity index (χ1n) is 7.25. The Morgan fingerprint density at radius 3 is 2.89 bits per heavy atom. The van der Waals surface area contributed by atoms with Gasteiger partial charge < -0.3 is 4.74 Å². The molecule has 1 aromatic carbocycles. The van der Waals surface area contributed by atoms with E-state index >= 15 is 0 Å². The first-order valence-corrected chi connectivity index (χ1v) is 7.25. The average molecular weight is 262 g/mol. The lowest BCUT2D eigenvalue weighted by atomic mass is 9.76. The number of halogens is 1. The van der Waals surface area contributed by atoms with Gasteiger partial charge in [-0.3, -0.25) is 0 Å². The largest absolute Gasteiger partial charge is 0.499 e. The molecule has 1 saturated carbocycles. The van der Waals surface area contributed by atoms with Crippen molar-refractivity contribution in [3.05, 3.63) is 48.0 Å². The monoisotopic (exact) mass is 262 g/mol. The van der Waals surface area contributed by atoms with E-state index in [1.807, 2.05) is 19.1 Å². The Morgan fingerprint density at radius 1 is 1.37 bits per heavy atom. The summed E-state index contributed by atoms with van der Waals surface area (Å²) in [6.07, 6.45) is 5.44. The van der Waals surface area contributed by atoms with Crippen LogP contribution >= 0.6 is 0 Å². The summed E-state index contributed by atoms with van der Waals surface area (Å²) in [5, 5.41) is 0. The zero-order valence-corrected chi connectivity index (χ0v) is 11.7. The van der Waals surface area contributed by atoms with Gasteiger partial charge in [0, 0.05) is 6.42 Å². The number of hydrogen-bond donors (Lipinski definition) is 0. The molecule has 2 unspecified atom stereocenters. The van der Waals surface area contributed by atoms with Crippen molar-refractivity contribution in [1.29, 1.82) is 0 Å². The molecule has 1 aromatic rings. The lowest BCUT2D eigenvalue weighted by Gasteiger charge is -2.30. The van der Waals surface area contributed by atoms with Crippen LogP contribution in [0, 0.1) is 11.7 Å². The van der Waals surface area contributed by atoms with Gasteiger partial charge in [-0.05, 0) is 49.7 Å². The summed E-state index contributed by atoms with van der Waals surface area (Å²) in [6, 6.07) is 7.19. The molecule has 2 atom stereocenters. The third kappa shape index (κ3) is 3.82. The lowest BCUT2D eigenvalue weighted by molar-refractivity contribution is 0.193. The minimum atomic E-state index is -0.0585. The number of hydrogen-bond acceptors (Lipinski definition) is 1. The highest BCUT2D eigenvalue weighted by atomic mass is 19.1. The molecule has 0 amide bonds. The van der Waals surface area contributed by atoms with Crippen LogP contribution in [0.15, 0.2) is 36.6 Å². The molecule has 19 heavy (non-hydrogen) atoms. The van der Waals surface area contributed by atoms with Gasteiger partial charge in [0.05, 0.1) is 12.4 Å². The summed E-state index contributed by atoms with van der Waals surface area (Å²) in [6.45, 7) is 6.62. The maximum absolute atomic E-state index is 13.8. The first kappa shape index (κ1) is 14.1. The molecular formula is C17H23FO. The van der Waals surface area contributed by atoms with Gasteiger partial charge in [0.2, 0.25) is 0 Å². The lowest BCUT2D eigenvalue weighted by Crippen LogP contribution is -2.16. The maximum Gasteiger partial charge on any atom is 0.126 e. The highest BCUT2D eigenvalue weighted by Crippen LogP contribution is 2.39. The molecule has 0 spiro atoms. The van der Waals surface area contributed by atoms with Gasteiger partial charge in [-0.25, -0.2) is 4.39 Å². The smallest absolute Gasteiger partial charge is 0.126 e. The van der Waals surface area contributed by atoms with E-state index in [2.05, 4.69) is 6.58 Å². The average Bonchev–Trinajstić information content (AvgIpc) is 2.40. The molecule has 1 fully saturated rings. The van der Waals surface area contributed by atoms with E-state index in [1.54, 1.807) is 12.1 Å². The summed E-state index contributed by atoms with van der Waals surface area (Å²) >= 11 is 0. The molecule has 0 aromatic heterocycles. The summed E-state index contributed by atoms with van der Waals surface area (Å²) < 4.78 is 19.3. The van der Waals surface area contributed by atoms with Crippen LogP contribution in [0.25, 0.3) is 0 Å². The van der Waals surface area contributed by atoms with Crippen molar-refractivity contribution >= 4 is 0 Å². The van der Waals surface area contributed by atoms with Gasteiger partial charge >= 0.3 is 0 Å². The van der Waals surface area contributed by atoms with Crippen LogP contribution in [-0.2, 0) is 4.74 Å². The van der Waals surface area contributed by atoms with E-state index in [0.29, 0.717) is 18.4 Å². The standard InChI is InChI=1S/C17H23FO/c1-3-19-13(2)11-14-7-6-8-15(12-14)16-9-4-5-10-17(16)18/h4-5,9-10,14-15H,2-3,6-8,11-12H2,1H3. The van der Waals surface area contributed by atoms with Crippen molar-refractivity contribution in [3.63, 3.8) is 0 Å². The second-order valence-electron chi connectivity index (χ2n) is 5.43. The van der Waals surface area contributed by atoms with E-state index in [-0.39, 0.29) is 5.82 Å². The Kier molecular flexibility index (Phi) is 5.00. The fourth-order valence-electron chi connectivity index (χ4n) is 3.15. The molecule has 0 N–H and O–H groups in total. The SMILES string of the molecule is C=C(CC1CCCC(c2ccccc2F)C1)OCC. The van der Waals surface area contributed by atoms with E-state index in [9.17, 15) is 4.39 Å².